The van der Waals surface area contributed by atoms with Crippen molar-refractivity contribution in [2.45, 2.75) is 78.6 Å². The van der Waals surface area contributed by atoms with E-state index in [1.807, 2.05) is 6.92 Å². The molecule has 0 aliphatic heterocycles. The summed E-state index contributed by atoms with van der Waals surface area (Å²) in [6.45, 7) is 10.0. The van der Waals surface area contributed by atoms with Gasteiger partial charge in [0.05, 0.1) is 12.2 Å². The zero-order chi connectivity index (χ0) is 13.7. The fourth-order valence-corrected chi connectivity index (χ4v) is 2.97. The predicted molar refractivity (Wildman–Crippen MR) is 72.4 cm³/mol. The Labute approximate surface area is 111 Å². The van der Waals surface area contributed by atoms with Crippen LogP contribution >= 0.6 is 0 Å². The Morgan fingerprint density at radius 3 is 2.50 bits per heavy atom. The molecule has 106 valence electrons. The van der Waals surface area contributed by atoms with Crippen LogP contribution in [0.4, 0.5) is 0 Å². The molecular formula is C15H28O3. The molecule has 1 fully saturated rings. The first-order valence-corrected chi connectivity index (χ1v) is 7.26. The second-order valence-corrected chi connectivity index (χ2v) is 5.75. The molecule has 0 spiro atoms. The number of hydrogen-bond donors (Lipinski definition) is 0. The fraction of sp³-hybridized carbons (Fsp3) is 0.933. The van der Waals surface area contributed by atoms with Crippen LogP contribution in [-0.4, -0.2) is 24.3 Å². The van der Waals surface area contributed by atoms with Crippen molar-refractivity contribution < 1.29 is 14.3 Å². The molecular weight excluding hydrogens is 228 g/mol. The van der Waals surface area contributed by atoms with Crippen LogP contribution in [0.1, 0.15) is 60.3 Å². The van der Waals surface area contributed by atoms with Gasteiger partial charge in [0.15, 0.2) is 0 Å². The average Bonchev–Trinajstić information content (AvgIpc) is 2.27. The van der Waals surface area contributed by atoms with Crippen LogP contribution in [0.2, 0.25) is 0 Å². The Bertz CT molecular complexity index is 264. The second-order valence-electron chi connectivity index (χ2n) is 5.75. The van der Waals surface area contributed by atoms with Crippen molar-refractivity contribution in [2.24, 2.45) is 11.8 Å². The maximum atomic E-state index is 11.0. The predicted octanol–water partition coefficient (Wildman–Crippen LogP) is 3.56. The van der Waals surface area contributed by atoms with Gasteiger partial charge in [0.25, 0.3) is 0 Å². The minimum Gasteiger partial charge on any atom is -0.463 e. The SMILES string of the molecule is CCC(C)OC1CCC(C(C)OC(C)=O)C(C)C1. The van der Waals surface area contributed by atoms with Gasteiger partial charge >= 0.3 is 5.97 Å². The number of carbonyl (C=O) groups excluding carboxylic acids is 1. The summed E-state index contributed by atoms with van der Waals surface area (Å²) in [5.41, 5.74) is 0. The Morgan fingerprint density at radius 2 is 2.00 bits per heavy atom. The smallest absolute Gasteiger partial charge is 0.302 e. The van der Waals surface area contributed by atoms with Crippen molar-refractivity contribution in [3.05, 3.63) is 0 Å². The van der Waals surface area contributed by atoms with Crippen LogP contribution < -0.4 is 0 Å². The van der Waals surface area contributed by atoms with Crippen LogP contribution in [0.3, 0.4) is 0 Å². The summed E-state index contributed by atoms with van der Waals surface area (Å²) in [5.74, 6) is 0.862. The molecule has 0 bridgehead atoms. The number of rotatable bonds is 5. The molecule has 0 N–H and O–H groups in total. The Morgan fingerprint density at radius 1 is 1.33 bits per heavy atom. The lowest BCUT2D eigenvalue weighted by Gasteiger charge is -2.37. The van der Waals surface area contributed by atoms with Crippen LogP contribution in [-0.2, 0) is 14.3 Å². The topological polar surface area (TPSA) is 35.5 Å². The van der Waals surface area contributed by atoms with Gasteiger partial charge in [0.1, 0.15) is 6.10 Å². The summed E-state index contributed by atoms with van der Waals surface area (Å²) in [4.78, 5) is 11.0. The Hall–Kier alpha value is -0.570. The standard InChI is InChI=1S/C15H28O3/c1-6-11(3)17-14-7-8-15(10(2)9-14)12(4)18-13(5)16/h10-12,14-15H,6-9H2,1-5H3. The van der Waals surface area contributed by atoms with E-state index in [-0.39, 0.29) is 12.1 Å². The van der Waals surface area contributed by atoms with Crippen molar-refractivity contribution in [3.63, 3.8) is 0 Å². The molecule has 0 aromatic rings. The van der Waals surface area contributed by atoms with Crippen molar-refractivity contribution >= 4 is 5.97 Å². The molecule has 1 aliphatic rings. The maximum Gasteiger partial charge on any atom is 0.302 e. The number of ether oxygens (including phenoxy) is 2. The van der Waals surface area contributed by atoms with Crippen molar-refractivity contribution in [1.29, 1.82) is 0 Å². The third-order valence-corrected chi connectivity index (χ3v) is 4.14. The van der Waals surface area contributed by atoms with E-state index in [1.165, 1.54) is 6.92 Å². The second kappa shape index (κ2) is 7.13. The highest BCUT2D eigenvalue weighted by Crippen LogP contribution is 2.35. The molecule has 5 atom stereocenters. The minimum absolute atomic E-state index is 0.0297. The third-order valence-electron chi connectivity index (χ3n) is 4.14. The molecule has 0 radical (unpaired) electrons. The van der Waals surface area contributed by atoms with E-state index in [1.54, 1.807) is 0 Å². The first-order valence-electron chi connectivity index (χ1n) is 7.26. The van der Waals surface area contributed by atoms with Crippen molar-refractivity contribution in [1.82, 2.24) is 0 Å². The van der Waals surface area contributed by atoms with Crippen LogP contribution in [0, 0.1) is 11.8 Å². The Balaban J connectivity index is 2.43. The molecule has 0 aromatic carbocycles. The first kappa shape index (κ1) is 15.5. The van der Waals surface area contributed by atoms with Gasteiger partial charge in [-0.2, -0.15) is 0 Å². The maximum absolute atomic E-state index is 11.0. The van der Waals surface area contributed by atoms with Crippen LogP contribution in [0.5, 0.6) is 0 Å². The van der Waals surface area contributed by atoms with E-state index in [0.717, 1.165) is 25.7 Å². The summed E-state index contributed by atoms with van der Waals surface area (Å²) in [5, 5.41) is 0. The van der Waals surface area contributed by atoms with E-state index in [9.17, 15) is 4.79 Å². The van der Waals surface area contributed by atoms with Crippen LogP contribution in [0.25, 0.3) is 0 Å². The quantitative estimate of drug-likeness (QED) is 0.706. The lowest BCUT2D eigenvalue weighted by Crippen LogP contribution is -2.36. The fourth-order valence-electron chi connectivity index (χ4n) is 2.97. The summed E-state index contributed by atoms with van der Waals surface area (Å²) in [6, 6.07) is 0. The van der Waals surface area contributed by atoms with Gasteiger partial charge in [-0.3, -0.25) is 4.79 Å². The monoisotopic (exact) mass is 256 g/mol. The first-order chi connectivity index (χ1) is 8.43. The zero-order valence-electron chi connectivity index (χ0n) is 12.4. The summed E-state index contributed by atoms with van der Waals surface area (Å²) >= 11 is 0. The van der Waals surface area contributed by atoms with E-state index in [0.29, 0.717) is 24.0 Å². The van der Waals surface area contributed by atoms with Gasteiger partial charge in [0.2, 0.25) is 0 Å². The molecule has 1 saturated carbocycles. The van der Waals surface area contributed by atoms with E-state index >= 15 is 0 Å². The number of esters is 1. The highest BCUT2D eigenvalue weighted by atomic mass is 16.5. The summed E-state index contributed by atoms with van der Waals surface area (Å²) < 4.78 is 11.3. The largest absolute Gasteiger partial charge is 0.463 e. The lowest BCUT2D eigenvalue weighted by molar-refractivity contribution is -0.150. The minimum atomic E-state index is -0.173. The normalized spacial score (nSPS) is 31.7. The molecule has 0 heterocycles. The molecule has 3 nitrogen and oxygen atoms in total. The molecule has 1 aliphatic carbocycles. The Kier molecular flexibility index (Phi) is 6.13. The highest BCUT2D eigenvalue weighted by molar-refractivity contribution is 5.66. The van der Waals surface area contributed by atoms with Gasteiger partial charge in [-0.15, -0.1) is 0 Å². The average molecular weight is 256 g/mol. The lowest BCUT2D eigenvalue weighted by atomic mass is 9.76. The molecule has 0 amide bonds. The molecule has 0 aromatic heterocycles. The molecule has 18 heavy (non-hydrogen) atoms. The highest BCUT2D eigenvalue weighted by Gasteiger charge is 2.33. The van der Waals surface area contributed by atoms with Gasteiger partial charge in [-0.05, 0) is 51.4 Å². The molecule has 5 unspecified atom stereocenters. The number of carbonyl (C=O) groups is 1. The molecule has 0 saturated heterocycles. The molecule has 3 heteroatoms. The van der Waals surface area contributed by atoms with E-state index in [4.69, 9.17) is 9.47 Å². The summed E-state index contributed by atoms with van der Waals surface area (Å²) in [6.07, 6.45) is 5.10. The van der Waals surface area contributed by atoms with Gasteiger partial charge < -0.3 is 9.47 Å². The summed E-state index contributed by atoms with van der Waals surface area (Å²) in [7, 11) is 0. The number of hydrogen-bond acceptors (Lipinski definition) is 3. The van der Waals surface area contributed by atoms with Gasteiger partial charge in [-0.1, -0.05) is 13.8 Å². The van der Waals surface area contributed by atoms with Crippen molar-refractivity contribution in [2.75, 3.05) is 0 Å². The van der Waals surface area contributed by atoms with E-state index < -0.39 is 0 Å². The third kappa shape index (κ3) is 4.60. The molecule has 1 rings (SSSR count). The van der Waals surface area contributed by atoms with Crippen molar-refractivity contribution in [3.8, 4) is 0 Å². The van der Waals surface area contributed by atoms with Gasteiger partial charge in [-0.25, -0.2) is 0 Å². The van der Waals surface area contributed by atoms with Crippen LogP contribution in [0.15, 0.2) is 0 Å². The van der Waals surface area contributed by atoms with Gasteiger partial charge in [0, 0.05) is 6.92 Å². The van der Waals surface area contributed by atoms with E-state index in [2.05, 4.69) is 20.8 Å². The zero-order valence-corrected chi connectivity index (χ0v) is 12.4.